The highest BCUT2D eigenvalue weighted by molar-refractivity contribution is 7.89. The fraction of sp³-hybridized carbons (Fsp3) is 0.357. The van der Waals surface area contributed by atoms with Crippen molar-refractivity contribution >= 4 is 26.6 Å². The second kappa shape index (κ2) is 6.38. The Kier molecular flexibility index (Phi) is 4.76. The molecular formula is C14H19N3O3S. The normalized spacial score (nSPS) is 12.1. The van der Waals surface area contributed by atoms with Crippen molar-refractivity contribution in [3.8, 4) is 0 Å². The maximum atomic E-state index is 12.6. The first-order valence-corrected chi connectivity index (χ1v) is 8.09. The lowest BCUT2D eigenvalue weighted by Gasteiger charge is -2.18. The molecule has 1 heterocycles. The van der Waals surface area contributed by atoms with E-state index in [0.717, 1.165) is 0 Å². The quantitative estimate of drug-likeness (QED) is 0.645. The van der Waals surface area contributed by atoms with Crippen LogP contribution in [0.25, 0.3) is 10.9 Å². The van der Waals surface area contributed by atoms with Gasteiger partial charge in [-0.15, -0.1) is 0 Å². The molecular weight excluding hydrogens is 290 g/mol. The number of ether oxygens (including phenoxy) is 1. The van der Waals surface area contributed by atoms with E-state index < -0.39 is 10.0 Å². The van der Waals surface area contributed by atoms with Crippen LogP contribution in [-0.4, -0.2) is 44.5 Å². The summed E-state index contributed by atoms with van der Waals surface area (Å²) in [6.45, 7) is 3.06. The summed E-state index contributed by atoms with van der Waals surface area (Å²) in [6, 6.07) is 6.58. The third kappa shape index (κ3) is 3.15. The summed E-state index contributed by atoms with van der Waals surface area (Å²) in [5.41, 5.74) is 6.77. The molecule has 0 radical (unpaired) electrons. The highest BCUT2D eigenvalue weighted by Crippen LogP contribution is 2.27. The van der Waals surface area contributed by atoms with Gasteiger partial charge in [0.15, 0.2) is 0 Å². The second-order valence-electron chi connectivity index (χ2n) is 4.58. The molecule has 114 valence electrons. The number of anilines is 1. The van der Waals surface area contributed by atoms with Gasteiger partial charge in [-0.1, -0.05) is 0 Å². The number of nitrogens with zero attached hydrogens (tertiary/aromatic N) is 2. The van der Waals surface area contributed by atoms with Gasteiger partial charge in [-0.2, -0.15) is 4.31 Å². The topological polar surface area (TPSA) is 85.5 Å². The minimum absolute atomic E-state index is 0.159. The number of hydrogen-bond donors (Lipinski definition) is 1. The van der Waals surface area contributed by atoms with Crippen LogP contribution in [0, 0.1) is 0 Å². The SMILES string of the molecule is CCOCCN(C)S(=O)(=O)c1ccc(N)c2cccnc12. The Hall–Kier alpha value is -1.70. The number of fused-ring (bicyclic) bond motifs is 1. The molecule has 1 aromatic carbocycles. The zero-order valence-corrected chi connectivity index (χ0v) is 12.9. The van der Waals surface area contributed by atoms with E-state index >= 15 is 0 Å². The van der Waals surface area contributed by atoms with Crippen LogP contribution < -0.4 is 5.73 Å². The number of sulfonamides is 1. The number of nitrogen functional groups attached to an aromatic ring is 1. The minimum atomic E-state index is -3.63. The van der Waals surface area contributed by atoms with E-state index in [0.29, 0.717) is 29.8 Å². The summed E-state index contributed by atoms with van der Waals surface area (Å²) >= 11 is 0. The van der Waals surface area contributed by atoms with E-state index in [1.165, 1.54) is 17.4 Å². The summed E-state index contributed by atoms with van der Waals surface area (Å²) in [7, 11) is -2.10. The van der Waals surface area contributed by atoms with Crippen LogP contribution in [0.5, 0.6) is 0 Å². The highest BCUT2D eigenvalue weighted by Gasteiger charge is 2.24. The Morgan fingerprint density at radius 2 is 2.10 bits per heavy atom. The molecule has 0 spiro atoms. The van der Waals surface area contributed by atoms with Crippen LogP contribution in [-0.2, 0) is 14.8 Å². The van der Waals surface area contributed by atoms with Crippen molar-refractivity contribution in [3.05, 3.63) is 30.5 Å². The third-order valence-electron chi connectivity index (χ3n) is 3.21. The summed E-state index contributed by atoms with van der Waals surface area (Å²) < 4.78 is 31.7. The molecule has 6 nitrogen and oxygen atoms in total. The minimum Gasteiger partial charge on any atom is -0.398 e. The van der Waals surface area contributed by atoms with Crippen molar-refractivity contribution in [2.45, 2.75) is 11.8 Å². The lowest BCUT2D eigenvalue weighted by molar-refractivity contribution is 0.138. The molecule has 2 N–H and O–H groups in total. The number of benzene rings is 1. The van der Waals surface area contributed by atoms with Gasteiger partial charge in [-0.3, -0.25) is 4.98 Å². The van der Waals surface area contributed by atoms with E-state index in [-0.39, 0.29) is 11.4 Å². The van der Waals surface area contributed by atoms with Crippen LogP contribution in [0.1, 0.15) is 6.92 Å². The van der Waals surface area contributed by atoms with Gasteiger partial charge in [0.2, 0.25) is 10.0 Å². The third-order valence-corrected chi connectivity index (χ3v) is 5.10. The summed E-state index contributed by atoms with van der Waals surface area (Å²) in [4.78, 5) is 4.33. The largest absolute Gasteiger partial charge is 0.398 e. The van der Waals surface area contributed by atoms with Crippen molar-refractivity contribution in [2.24, 2.45) is 0 Å². The number of pyridine rings is 1. The van der Waals surface area contributed by atoms with Gasteiger partial charge in [0, 0.05) is 37.5 Å². The Morgan fingerprint density at radius 1 is 1.33 bits per heavy atom. The van der Waals surface area contributed by atoms with Crippen LogP contribution in [0.15, 0.2) is 35.4 Å². The van der Waals surface area contributed by atoms with Gasteiger partial charge in [0.25, 0.3) is 0 Å². The fourth-order valence-corrected chi connectivity index (χ4v) is 3.30. The van der Waals surface area contributed by atoms with Gasteiger partial charge >= 0.3 is 0 Å². The second-order valence-corrected chi connectivity index (χ2v) is 6.59. The molecule has 7 heteroatoms. The molecule has 0 saturated carbocycles. The zero-order valence-electron chi connectivity index (χ0n) is 12.1. The smallest absolute Gasteiger partial charge is 0.245 e. The summed E-state index contributed by atoms with van der Waals surface area (Å²) in [5.74, 6) is 0. The number of rotatable bonds is 6. The Morgan fingerprint density at radius 3 is 2.81 bits per heavy atom. The predicted molar refractivity (Wildman–Crippen MR) is 82.5 cm³/mol. The van der Waals surface area contributed by atoms with Crippen molar-refractivity contribution in [1.82, 2.24) is 9.29 Å². The van der Waals surface area contributed by atoms with Gasteiger partial charge in [-0.25, -0.2) is 8.42 Å². The lowest BCUT2D eigenvalue weighted by Crippen LogP contribution is -2.30. The van der Waals surface area contributed by atoms with Crippen LogP contribution in [0.2, 0.25) is 0 Å². The van der Waals surface area contributed by atoms with Gasteiger partial charge in [0.05, 0.1) is 12.1 Å². The van der Waals surface area contributed by atoms with E-state index in [1.54, 1.807) is 24.4 Å². The molecule has 2 rings (SSSR count). The Bertz CT molecular complexity index is 731. The molecule has 0 aliphatic carbocycles. The van der Waals surface area contributed by atoms with Crippen molar-refractivity contribution < 1.29 is 13.2 Å². The van der Waals surface area contributed by atoms with Gasteiger partial charge < -0.3 is 10.5 Å². The summed E-state index contributed by atoms with van der Waals surface area (Å²) in [6.07, 6.45) is 1.56. The zero-order chi connectivity index (χ0) is 15.5. The van der Waals surface area contributed by atoms with E-state index in [4.69, 9.17) is 10.5 Å². The maximum absolute atomic E-state index is 12.6. The molecule has 0 bridgehead atoms. The number of nitrogens with two attached hydrogens (primary N) is 1. The molecule has 1 aromatic heterocycles. The lowest BCUT2D eigenvalue weighted by atomic mass is 10.2. The fourth-order valence-electron chi connectivity index (χ4n) is 2.00. The summed E-state index contributed by atoms with van der Waals surface area (Å²) in [5, 5.41) is 0.636. The van der Waals surface area contributed by atoms with Crippen LogP contribution in [0.4, 0.5) is 5.69 Å². The maximum Gasteiger partial charge on any atom is 0.245 e. The highest BCUT2D eigenvalue weighted by atomic mass is 32.2. The van der Waals surface area contributed by atoms with Crippen molar-refractivity contribution in [2.75, 3.05) is 32.5 Å². The molecule has 21 heavy (non-hydrogen) atoms. The van der Waals surface area contributed by atoms with E-state index in [1.807, 2.05) is 6.92 Å². The van der Waals surface area contributed by atoms with Gasteiger partial charge in [0.1, 0.15) is 4.90 Å². The molecule has 0 atom stereocenters. The molecule has 2 aromatic rings. The first kappa shape index (κ1) is 15.7. The molecule has 0 aliphatic heterocycles. The van der Waals surface area contributed by atoms with Gasteiger partial charge in [-0.05, 0) is 31.2 Å². The molecule has 0 unspecified atom stereocenters. The van der Waals surface area contributed by atoms with Crippen LogP contribution >= 0.6 is 0 Å². The average Bonchev–Trinajstić information content (AvgIpc) is 2.47. The number of likely N-dealkylation sites (N-methyl/N-ethyl adjacent to an activating group) is 1. The first-order valence-electron chi connectivity index (χ1n) is 6.65. The van der Waals surface area contributed by atoms with E-state index in [2.05, 4.69) is 4.98 Å². The number of aromatic nitrogens is 1. The molecule has 0 aliphatic rings. The number of hydrogen-bond acceptors (Lipinski definition) is 5. The van der Waals surface area contributed by atoms with E-state index in [9.17, 15) is 8.42 Å². The first-order chi connectivity index (χ1) is 9.98. The Labute approximate surface area is 124 Å². The standard InChI is InChI=1S/C14H19N3O3S/c1-3-20-10-9-17(2)21(18,19)13-7-6-12(15)11-5-4-8-16-14(11)13/h4-8H,3,9-10,15H2,1-2H3. The van der Waals surface area contributed by atoms with Crippen molar-refractivity contribution in [3.63, 3.8) is 0 Å². The Balaban J connectivity index is 2.43. The predicted octanol–water partition coefficient (Wildman–Crippen LogP) is 1.47. The van der Waals surface area contributed by atoms with Crippen LogP contribution in [0.3, 0.4) is 0 Å². The van der Waals surface area contributed by atoms with Crippen molar-refractivity contribution in [1.29, 1.82) is 0 Å². The molecule has 0 fully saturated rings. The molecule has 0 amide bonds. The molecule has 0 saturated heterocycles. The monoisotopic (exact) mass is 309 g/mol. The average molecular weight is 309 g/mol.